The molecule has 0 radical (unpaired) electrons. The Balaban J connectivity index is 2.32. The molecule has 18 heavy (non-hydrogen) atoms. The summed E-state index contributed by atoms with van der Waals surface area (Å²) in [5.74, 6) is -0.463. The third-order valence-corrected chi connectivity index (χ3v) is 2.69. The molecule has 1 aromatic heterocycles. The van der Waals surface area contributed by atoms with Gasteiger partial charge in [0.25, 0.3) is 5.91 Å². The topological polar surface area (TPSA) is 64.2 Å². The Morgan fingerprint density at radius 3 is 2.50 bits per heavy atom. The summed E-state index contributed by atoms with van der Waals surface area (Å²) in [5, 5.41) is 0. The molecular formula is C12H13FN4O. The first-order chi connectivity index (χ1) is 8.50. The lowest BCUT2D eigenvalue weighted by Gasteiger charge is -2.17. The van der Waals surface area contributed by atoms with Gasteiger partial charge in [-0.2, -0.15) is 0 Å². The molecule has 0 aliphatic heterocycles. The third-order valence-electron chi connectivity index (χ3n) is 2.69. The number of imidazole rings is 1. The van der Waals surface area contributed by atoms with Gasteiger partial charge in [0, 0.05) is 19.8 Å². The van der Waals surface area contributed by atoms with Gasteiger partial charge in [-0.05, 0) is 24.3 Å². The quantitative estimate of drug-likeness (QED) is 0.874. The minimum atomic E-state index is -0.348. The Morgan fingerprint density at radius 1 is 1.39 bits per heavy atom. The van der Waals surface area contributed by atoms with Gasteiger partial charge in [0.2, 0.25) is 0 Å². The molecule has 0 spiro atoms. The van der Waals surface area contributed by atoms with Gasteiger partial charge in [0.15, 0.2) is 11.5 Å². The highest BCUT2D eigenvalue weighted by atomic mass is 19.1. The zero-order valence-corrected chi connectivity index (χ0v) is 10.1. The first-order valence-electron chi connectivity index (χ1n) is 5.31. The van der Waals surface area contributed by atoms with Gasteiger partial charge < -0.3 is 15.2 Å². The zero-order chi connectivity index (χ0) is 13.3. The van der Waals surface area contributed by atoms with Gasteiger partial charge in [-0.3, -0.25) is 4.79 Å². The number of aromatic nitrogens is 2. The molecule has 1 amide bonds. The van der Waals surface area contributed by atoms with Crippen molar-refractivity contribution in [3.8, 4) is 0 Å². The van der Waals surface area contributed by atoms with Crippen molar-refractivity contribution in [3.63, 3.8) is 0 Å². The summed E-state index contributed by atoms with van der Waals surface area (Å²) in [6.07, 6.45) is 1.47. The number of halogens is 1. The molecule has 1 heterocycles. The number of benzene rings is 1. The second-order valence-corrected chi connectivity index (χ2v) is 3.93. The van der Waals surface area contributed by atoms with E-state index in [1.165, 1.54) is 35.5 Å². The van der Waals surface area contributed by atoms with E-state index in [9.17, 15) is 9.18 Å². The molecule has 0 aliphatic carbocycles. The zero-order valence-electron chi connectivity index (χ0n) is 10.1. The number of carbonyl (C=O) groups is 1. The van der Waals surface area contributed by atoms with Crippen LogP contribution >= 0.6 is 0 Å². The number of rotatable bonds is 2. The highest BCUT2D eigenvalue weighted by Gasteiger charge is 2.20. The van der Waals surface area contributed by atoms with Crippen LogP contribution in [0, 0.1) is 5.82 Å². The van der Waals surface area contributed by atoms with E-state index in [-0.39, 0.29) is 17.5 Å². The molecule has 0 aliphatic rings. The van der Waals surface area contributed by atoms with Crippen LogP contribution in [0.15, 0.2) is 30.6 Å². The number of aryl methyl sites for hydroxylation is 1. The summed E-state index contributed by atoms with van der Waals surface area (Å²) in [7, 11) is 3.29. The van der Waals surface area contributed by atoms with Crippen molar-refractivity contribution >= 4 is 17.4 Å². The van der Waals surface area contributed by atoms with Gasteiger partial charge in [-0.15, -0.1) is 0 Å². The molecule has 1 aromatic carbocycles. The highest BCUT2D eigenvalue weighted by Crippen LogP contribution is 2.18. The van der Waals surface area contributed by atoms with Gasteiger partial charge >= 0.3 is 0 Å². The molecule has 5 nitrogen and oxygen atoms in total. The van der Waals surface area contributed by atoms with Crippen molar-refractivity contribution in [1.29, 1.82) is 0 Å². The molecule has 0 saturated heterocycles. The summed E-state index contributed by atoms with van der Waals surface area (Å²) < 4.78 is 14.4. The van der Waals surface area contributed by atoms with Crippen LogP contribution in [0.4, 0.5) is 15.9 Å². The third kappa shape index (κ3) is 2.04. The normalized spacial score (nSPS) is 10.4. The van der Waals surface area contributed by atoms with Crippen molar-refractivity contribution in [2.45, 2.75) is 0 Å². The maximum atomic E-state index is 12.8. The number of anilines is 2. The smallest absolute Gasteiger partial charge is 0.278 e. The summed E-state index contributed by atoms with van der Waals surface area (Å²) in [5.41, 5.74) is 6.54. The Labute approximate surface area is 104 Å². The molecule has 0 atom stereocenters. The second kappa shape index (κ2) is 4.48. The van der Waals surface area contributed by atoms with Gasteiger partial charge in [0.05, 0.1) is 6.33 Å². The Morgan fingerprint density at radius 2 is 2.00 bits per heavy atom. The van der Waals surface area contributed by atoms with Gasteiger partial charge in [-0.25, -0.2) is 9.37 Å². The Bertz CT molecular complexity index is 557. The average Bonchev–Trinajstić information content (AvgIpc) is 2.68. The summed E-state index contributed by atoms with van der Waals surface area (Å²) in [6, 6.07) is 5.65. The second-order valence-electron chi connectivity index (χ2n) is 3.93. The van der Waals surface area contributed by atoms with Crippen molar-refractivity contribution < 1.29 is 9.18 Å². The first-order valence-corrected chi connectivity index (χ1v) is 5.31. The van der Waals surface area contributed by atoms with E-state index < -0.39 is 0 Å². The number of nitrogens with zero attached hydrogens (tertiary/aromatic N) is 3. The minimum absolute atomic E-state index is 0.177. The molecule has 6 heteroatoms. The fraction of sp³-hybridized carbons (Fsp3) is 0.167. The maximum Gasteiger partial charge on any atom is 0.278 e. The van der Waals surface area contributed by atoms with Crippen molar-refractivity contribution in [1.82, 2.24) is 9.55 Å². The maximum absolute atomic E-state index is 12.8. The van der Waals surface area contributed by atoms with E-state index in [2.05, 4.69) is 4.98 Å². The van der Waals surface area contributed by atoms with E-state index in [0.717, 1.165) is 0 Å². The number of nitrogen functional groups attached to an aromatic ring is 1. The molecule has 2 N–H and O–H groups in total. The Kier molecular flexibility index (Phi) is 3.01. The van der Waals surface area contributed by atoms with Crippen LogP contribution in [0.2, 0.25) is 0 Å². The van der Waals surface area contributed by atoms with Crippen molar-refractivity contribution in [3.05, 3.63) is 42.1 Å². The van der Waals surface area contributed by atoms with Crippen LogP contribution in [-0.4, -0.2) is 22.5 Å². The number of hydrogen-bond acceptors (Lipinski definition) is 3. The summed E-state index contributed by atoms with van der Waals surface area (Å²) in [6.45, 7) is 0. The van der Waals surface area contributed by atoms with E-state index >= 15 is 0 Å². The predicted molar refractivity (Wildman–Crippen MR) is 66.8 cm³/mol. The van der Waals surface area contributed by atoms with Crippen molar-refractivity contribution in [2.24, 2.45) is 7.05 Å². The minimum Gasteiger partial charge on any atom is -0.382 e. The lowest BCUT2D eigenvalue weighted by atomic mass is 10.2. The molecule has 0 fully saturated rings. The number of hydrogen-bond donors (Lipinski definition) is 1. The SMILES string of the molecule is CN(C(=O)c1c(N)ncn1C)c1ccc(F)cc1. The lowest BCUT2D eigenvalue weighted by Crippen LogP contribution is -2.28. The molecular weight excluding hydrogens is 235 g/mol. The van der Waals surface area contributed by atoms with Gasteiger partial charge in [-0.1, -0.05) is 0 Å². The van der Waals surface area contributed by atoms with Crippen LogP contribution in [0.3, 0.4) is 0 Å². The summed E-state index contributed by atoms with van der Waals surface area (Å²) in [4.78, 5) is 17.5. The van der Waals surface area contributed by atoms with E-state index in [0.29, 0.717) is 11.4 Å². The van der Waals surface area contributed by atoms with E-state index in [4.69, 9.17) is 5.73 Å². The summed E-state index contributed by atoms with van der Waals surface area (Å²) >= 11 is 0. The van der Waals surface area contributed by atoms with Crippen LogP contribution in [0.25, 0.3) is 0 Å². The van der Waals surface area contributed by atoms with E-state index in [1.807, 2.05) is 0 Å². The molecule has 0 saturated carbocycles. The lowest BCUT2D eigenvalue weighted by molar-refractivity contribution is 0.0986. The molecule has 0 unspecified atom stereocenters. The first kappa shape index (κ1) is 12.1. The fourth-order valence-corrected chi connectivity index (χ4v) is 1.65. The van der Waals surface area contributed by atoms with Gasteiger partial charge in [0.1, 0.15) is 5.82 Å². The fourth-order valence-electron chi connectivity index (χ4n) is 1.65. The average molecular weight is 248 g/mol. The monoisotopic (exact) mass is 248 g/mol. The predicted octanol–water partition coefficient (Wildman–Crippen LogP) is 1.42. The Hall–Kier alpha value is -2.37. The molecule has 2 aromatic rings. The van der Waals surface area contributed by atoms with Crippen LogP contribution < -0.4 is 10.6 Å². The standard InChI is InChI=1S/C12H13FN4O/c1-16-7-15-11(14)10(16)12(18)17(2)9-5-3-8(13)4-6-9/h3-7H,14H2,1-2H3. The largest absolute Gasteiger partial charge is 0.382 e. The number of amides is 1. The molecule has 94 valence electrons. The highest BCUT2D eigenvalue weighted by molar-refractivity contribution is 6.07. The molecule has 0 bridgehead atoms. The van der Waals surface area contributed by atoms with Crippen LogP contribution in [0.1, 0.15) is 10.5 Å². The van der Waals surface area contributed by atoms with Crippen molar-refractivity contribution in [2.75, 3.05) is 17.7 Å². The number of carbonyl (C=O) groups excluding carboxylic acids is 1. The van der Waals surface area contributed by atoms with Crippen LogP contribution in [-0.2, 0) is 7.05 Å². The molecule has 2 rings (SSSR count). The number of nitrogens with two attached hydrogens (primary N) is 1. The van der Waals surface area contributed by atoms with E-state index in [1.54, 1.807) is 18.7 Å². The van der Waals surface area contributed by atoms with Crippen LogP contribution in [0.5, 0.6) is 0 Å².